The fraction of sp³-hybridized carbons (Fsp3) is 0. The normalized spacial score (nSPS) is 10.1. The van der Waals surface area contributed by atoms with Gasteiger partial charge in [-0.3, -0.25) is 0 Å². The van der Waals surface area contributed by atoms with Crippen molar-refractivity contribution in [3.8, 4) is 28.1 Å². The Balaban J connectivity index is 0.00000182. The monoisotopic (exact) mass is 501 g/mol. The van der Waals surface area contributed by atoms with Gasteiger partial charge in [-0.15, -0.1) is 0 Å². The largest absolute Gasteiger partial charge is 3.00 e. The van der Waals surface area contributed by atoms with E-state index in [1.807, 2.05) is 6.07 Å². The van der Waals surface area contributed by atoms with Crippen molar-refractivity contribution < 1.29 is 24.7 Å². The third-order valence-electron chi connectivity index (χ3n) is 4.16. The molecule has 0 atom stereocenters. The van der Waals surface area contributed by atoms with Crippen LogP contribution in [0.1, 0.15) is 0 Å². The second kappa shape index (κ2) is 8.02. The molecule has 4 aromatic rings. The average Bonchev–Trinajstić information content (AvgIpc) is 2.69. The van der Waals surface area contributed by atoms with E-state index in [2.05, 4.69) is 108 Å². The number of aromatic nitrogens is 1. The first-order valence-electron chi connectivity index (χ1n) is 8.14. The summed E-state index contributed by atoms with van der Waals surface area (Å²) in [4.78, 5) is 0. The van der Waals surface area contributed by atoms with Gasteiger partial charge in [-0.25, -0.2) is 0 Å². The quantitative estimate of drug-likeness (QED) is 0.337. The van der Waals surface area contributed by atoms with Crippen LogP contribution in [-0.2, 0) is 20.1 Å². The summed E-state index contributed by atoms with van der Waals surface area (Å²) in [5.41, 5.74) is 6.03. The topological polar surface area (TPSA) is 3.88 Å². The van der Waals surface area contributed by atoms with Gasteiger partial charge in [0.2, 0.25) is 11.4 Å². The molecule has 0 amide bonds. The molecule has 120 valence electrons. The minimum Gasteiger partial charge on any atom is -0.159 e. The molecule has 0 spiro atoms. The van der Waals surface area contributed by atoms with Gasteiger partial charge < -0.3 is 0 Å². The summed E-state index contributed by atoms with van der Waals surface area (Å²) in [6, 6.07) is 35.9. The Bertz CT molecular complexity index is 878. The molecular formula is C23H18IrN+4. The number of rotatable bonds is 3. The summed E-state index contributed by atoms with van der Waals surface area (Å²) in [6.45, 7) is 0. The van der Waals surface area contributed by atoms with Crippen molar-refractivity contribution in [2.24, 2.45) is 0 Å². The van der Waals surface area contributed by atoms with Crippen LogP contribution in [0.3, 0.4) is 0 Å². The summed E-state index contributed by atoms with van der Waals surface area (Å²) in [5.74, 6) is 0. The van der Waals surface area contributed by atoms with Gasteiger partial charge in [-0.1, -0.05) is 66.7 Å². The molecule has 0 radical (unpaired) electrons. The zero-order valence-electron chi connectivity index (χ0n) is 13.7. The number of hydrogen-bond donors (Lipinski definition) is 0. The predicted octanol–water partition coefficient (Wildman–Crippen LogP) is 5.29. The molecule has 0 bridgehead atoms. The van der Waals surface area contributed by atoms with Crippen LogP contribution >= 0.6 is 0 Å². The Kier molecular flexibility index (Phi) is 5.55. The summed E-state index contributed by atoms with van der Waals surface area (Å²) < 4.78 is 2.26. The van der Waals surface area contributed by atoms with Gasteiger partial charge in [-0.05, 0) is 23.8 Å². The Morgan fingerprint density at radius 2 is 1.00 bits per heavy atom. The molecule has 0 unspecified atom stereocenters. The number of para-hydroxylation sites is 1. The number of pyridine rings is 1. The third kappa shape index (κ3) is 3.61. The van der Waals surface area contributed by atoms with Crippen molar-refractivity contribution in [3.63, 3.8) is 0 Å². The summed E-state index contributed by atoms with van der Waals surface area (Å²) in [5, 5.41) is 0. The standard InChI is InChI=1S/C23H18N.Ir/c1-4-11-19(12-5-1)22-17-10-18-24(21-15-8-3-9-16-21)23(22)20-13-6-2-7-14-20;/h1-18H;/q+1;+3. The molecule has 3 aromatic carbocycles. The Morgan fingerprint density at radius 1 is 0.480 bits per heavy atom. The summed E-state index contributed by atoms with van der Waals surface area (Å²) in [7, 11) is 0. The number of hydrogen-bond acceptors (Lipinski definition) is 0. The minimum atomic E-state index is 0. The van der Waals surface area contributed by atoms with Crippen LogP contribution in [0.4, 0.5) is 0 Å². The van der Waals surface area contributed by atoms with Crippen molar-refractivity contribution in [1.29, 1.82) is 0 Å². The zero-order chi connectivity index (χ0) is 16.2. The molecular weight excluding hydrogens is 482 g/mol. The van der Waals surface area contributed by atoms with Gasteiger partial charge >= 0.3 is 20.1 Å². The molecule has 0 aliphatic carbocycles. The van der Waals surface area contributed by atoms with Gasteiger partial charge in [0.05, 0.1) is 5.56 Å². The van der Waals surface area contributed by atoms with E-state index in [4.69, 9.17) is 0 Å². The minimum absolute atomic E-state index is 0. The Hall–Kier alpha value is -2.54. The fourth-order valence-corrected chi connectivity index (χ4v) is 3.05. The van der Waals surface area contributed by atoms with Crippen molar-refractivity contribution >= 4 is 0 Å². The molecule has 1 heterocycles. The van der Waals surface area contributed by atoms with E-state index in [1.54, 1.807) is 0 Å². The van der Waals surface area contributed by atoms with Crippen LogP contribution in [0.25, 0.3) is 28.1 Å². The number of nitrogens with zero attached hydrogens (tertiary/aromatic N) is 1. The van der Waals surface area contributed by atoms with E-state index < -0.39 is 0 Å². The van der Waals surface area contributed by atoms with Gasteiger partial charge in [0.15, 0.2) is 6.20 Å². The van der Waals surface area contributed by atoms with Crippen LogP contribution in [0.15, 0.2) is 109 Å². The van der Waals surface area contributed by atoms with E-state index in [9.17, 15) is 0 Å². The van der Waals surface area contributed by atoms with Gasteiger partial charge in [-0.2, -0.15) is 4.57 Å². The molecule has 2 heteroatoms. The molecule has 0 aliphatic heterocycles. The molecule has 4 rings (SSSR count). The summed E-state index contributed by atoms with van der Waals surface area (Å²) in [6.07, 6.45) is 2.13. The Labute approximate surface area is 162 Å². The molecule has 1 aromatic heterocycles. The molecule has 0 aliphatic rings. The van der Waals surface area contributed by atoms with Crippen LogP contribution in [0, 0.1) is 0 Å². The molecule has 1 nitrogen and oxygen atoms in total. The van der Waals surface area contributed by atoms with Crippen molar-refractivity contribution in [3.05, 3.63) is 109 Å². The van der Waals surface area contributed by atoms with E-state index in [0.717, 1.165) is 5.69 Å². The molecule has 0 saturated carbocycles. The number of benzene rings is 3. The Morgan fingerprint density at radius 3 is 1.60 bits per heavy atom. The molecule has 0 saturated heterocycles. The maximum absolute atomic E-state index is 2.26. The second-order valence-electron chi connectivity index (χ2n) is 5.71. The fourth-order valence-electron chi connectivity index (χ4n) is 3.05. The smallest absolute Gasteiger partial charge is 0.159 e. The molecule has 0 N–H and O–H groups in total. The first kappa shape index (κ1) is 17.3. The van der Waals surface area contributed by atoms with Gasteiger partial charge in [0.25, 0.3) is 0 Å². The van der Waals surface area contributed by atoms with E-state index in [1.165, 1.54) is 22.4 Å². The molecule has 0 fully saturated rings. The second-order valence-corrected chi connectivity index (χ2v) is 5.71. The SMILES string of the molecule is [Ir+3].c1ccc(-c2ccc[n+](-c3ccccc3)c2-c2ccccc2)cc1. The van der Waals surface area contributed by atoms with Gasteiger partial charge in [0.1, 0.15) is 0 Å². The van der Waals surface area contributed by atoms with E-state index >= 15 is 0 Å². The van der Waals surface area contributed by atoms with Crippen LogP contribution < -0.4 is 4.57 Å². The average molecular weight is 501 g/mol. The van der Waals surface area contributed by atoms with Crippen molar-refractivity contribution in [2.45, 2.75) is 0 Å². The van der Waals surface area contributed by atoms with Gasteiger partial charge in [0, 0.05) is 23.8 Å². The van der Waals surface area contributed by atoms with Crippen molar-refractivity contribution in [1.82, 2.24) is 0 Å². The van der Waals surface area contributed by atoms with Crippen molar-refractivity contribution in [2.75, 3.05) is 0 Å². The van der Waals surface area contributed by atoms with Crippen LogP contribution in [0.5, 0.6) is 0 Å². The first-order valence-corrected chi connectivity index (χ1v) is 8.14. The van der Waals surface area contributed by atoms with E-state index in [-0.39, 0.29) is 20.1 Å². The molecule has 25 heavy (non-hydrogen) atoms. The maximum atomic E-state index is 2.26. The first-order chi connectivity index (χ1) is 11.9. The van der Waals surface area contributed by atoms with Crippen LogP contribution in [-0.4, -0.2) is 0 Å². The maximum Gasteiger partial charge on any atom is 3.00 e. The zero-order valence-corrected chi connectivity index (χ0v) is 16.1. The van der Waals surface area contributed by atoms with Crippen LogP contribution in [0.2, 0.25) is 0 Å². The predicted molar refractivity (Wildman–Crippen MR) is 98.8 cm³/mol. The van der Waals surface area contributed by atoms with E-state index in [0.29, 0.717) is 0 Å². The summed E-state index contributed by atoms with van der Waals surface area (Å²) >= 11 is 0. The third-order valence-corrected chi connectivity index (χ3v) is 4.16.